The van der Waals surface area contributed by atoms with Crippen LogP contribution in [0.2, 0.25) is 0 Å². The molecule has 0 spiro atoms. The summed E-state index contributed by atoms with van der Waals surface area (Å²) in [6.45, 7) is 2.37. The van der Waals surface area contributed by atoms with Gasteiger partial charge in [0.15, 0.2) is 0 Å². The summed E-state index contributed by atoms with van der Waals surface area (Å²) in [4.78, 5) is 8.61. The fourth-order valence-electron chi connectivity index (χ4n) is 3.55. The first-order valence-corrected chi connectivity index (χ1v) is 8.79. The van der Waals surface area contributed by atoms with Crippen molar-refractivity contribution >= 4 is 0 Å². The highest BCUT2D eigenvalue weighted by atomic mass is 19.1. The van der Waals surface area contributed by atoms with Crippen LogP contribution in [0.25, 0.3) is 0 Å². The summed E-state index contributed by atoms with van der Waals surface area (Å²) in [6, 6.07) is 9.79. The topological polar surface area (TPSA) is 44.5 Å². The number of aromatic nitrogens is 2. The van der Waals surface area contributed by atoms with Gasteiger partial charge in [-0.25, -0.2) is 9.37 Å². The molecule has 1 unspecified atom stereocenters. The molecule has 0 bridgehead atoms. The fourth-order valence-corrected chi connectivity index (χ4v) is 3.55. The van der Waals surface area contributed by atoms with Crippen LogP contribution < -0.4 is 0 Å². The van der Waals surface area contributed by atoms with Crippen LogP contribution in [0.15, 0.2) is 42.7 Å². The van der Waals surface area contributed by atoms with Gasteiger partial charge in [-0.3, -0.25) is 4.90 Å². The Morgan fingerprint density at radius 1 is 1.36 bits per heavy atom. The second-order valence-electron chi connectivity index (χ2n) is 7.02. The van der Waals surface area contributed by atoms with Crippen LogP contribution in [0.1, 0.15) is 23.9 Å². The molecule has 1 aliphatic heterocycles. The number of hydrogen-bond acceptors (Lipinski definition) is 4. The summed E-state index contributed by atoms with van der Waals surface area (Å²) >= 11 is 0. The number of likely N-dealkylation sites (tertiary alicyclic amines) is 1. The lowest BCUT2D eigenvalue weighted by atomic mass is 10.1. The standard InChI is InChI=1S/C19H27FN4O/c1-22(13-18(25)15-6-4-3-5-7-15)12-17-10-16(20)11-24(17)14-19-21-8-9-23(19)2/h3-9,16-18,25H,10-14H2,1-2H3/t16-,17-,18?/m0/s1. The molecule has 1 N–H and O–H groups in total. The molecule has 2 aromatic rings. The number of benzene rings is 1. The van der Waals surface area contributed by atoms with Gasteiger partial charge in [-0.15, -0.1) is 0 Å². The Morgan fingerprint density at radius 2 is 2.12 bits per heavy atom. The maximum Gasteiger partial charge on any atom is 0.122 e. The van der Waals surface area contributed by atoms with E-state index in [1.54, 1.807) is 6.20 Å². The van der Waals surface area contributed by atoms with Gasteiger partial charge < -0.3 is 14.6 Å². The molecule has 1 aromatic heterocycles. The van der Waals surface area contributed by atoms with Crippen molar-refractivity contribution in [2.45, 2.75) is 31.3 Å². The van der Waals surface area contributed by atoms with Crippen LogP contribution in [0.5, 0.6) is 0 Å². The number of aryl methyl sites for hydroxylation is 1. The zero-order valence-corrected chi connectivity index (χ0v) is 14.9. The second kappa shape index (κ2) is 8.08. The van der Waals surface area contributed by atoms with Gasteiger partial charge in [-0.2, -0.15) is 0 Å². The Labute approximate surface area is 148 Å². The first-order chi connectivity index (χ1) is 12.0. The molecule has 0 saturated carbocycles. The molecule has 1 fully saturated rings. The molecule has 3 rings (SSSR count). The minimum atomic E-state index is -0.794. The largest absolute Gasteiger partial charge is 0.387 e. The highest BCUT2D eigenvalue weighted by Gasteiger charge is 2.33. The number of aliphatic hydroxyl groups excluding tert-OH is 1. The number of alkyl halides is 1. The van der Waals surface area contributed by atoms with Gasteiger partial charge in [0, 0.05) is 45.1 Å². The minimum Gasteiger partial charge on any atom is -0.387 e. The quantitative estimate of drug-likeness (QED) is 0.833. The van der Waals surface area contributed by atoms with Crippen molar-refractivity contribution in [2.75, 3.05) is 26.7 Å². The molecule has 1 aliphatic rings. The molecule has 0 aliphatic carbocycles. The van der Waals surface area contributed by atoms with Crippen LogP contribution in [0.4, 0.5) is 4.39 Å². The molecule has 1 aromatic carbocycles. The lowest BCUT2D eigenvalue weighted by Crippen LogP contribution is -2.40. The smallest absolute Gasteiger partial charge is 0.122 e. The zero-order valence-electron chi connectivity index (χ0n) is 14.9. The zero-order chi connectivity index (χ0) is 17.8. The van der Waals surface area contributed by atoms with Crippen LogP contribution >= 0.6 is 0 Å². The second-order valence-corrected chi connectivity index (χ2v) is 7.02. The summed E-state index contributed by atoms with van der Waals surface area (Å²) in [5.74, 6) is 0.950. The van der Waals surface area contributed by atoms with Crippen molar-refractivity contribution < 1.29 is 9.50 Å². The van der Waals surface area contributed by atoms with Gasteiger partial charge in [0.25, 0.3) is 0 Å². The molecule has 0 amide bonds. The van der Waals surface area contributed by atoms with Crippen molar-refractivity contribution in [3.63, 3.8) is 0 Å². The van der Waals surface area contributed by atoms with Crippen LogP contribution in [-0.2, 0) is 13.6 Å². The van der Waals surface area contributed by atoms with Crippen LogP contribution in [-0.4, -0.2) is 63.4 Å². The van der Waals surface area contributed by atoms with E-state index in [1.165, 1.54) is 0 Å². The van der Waals surface area contributed by atoms with E-state index in [1.807, 2.05) is 55.2 Å². The summed E-state index contributed by atoms with van der Waals surface area (Å²) in [7, 11) is 3.94. The SMILES string of the molecule is CN(CC(O)c1ccccc1)C[C@@H]1C[C@H](F)CN1Cc1nccn1C. The number of hydrogen-bond donors (Lipinski definition) is 1. The molecule has 1 saturated heterocycles. The molecule has 6 heteroatoms. The highest BCUT2D eigenvalue weighted by Crippen LogP contribution is 2.23. The summed E-state index contributed by atoms with van der Waals surface area (Å²) in [5.41, 5.74) is 0.911. The van der Waals surface area contributed by atoms with E-state index in [4.69, 9.17) is 0 Å². The maximum atomic E-state index is 14.0. The lowest BCUT2D eigenvalue weighted by Gasteiger charge is -2.29. The molecule has 136 valence electrons. The van der Waals surface area contributed by atoms with Gasteiger partial charge in [-0.1, -0.05) is 30.3 Å². The minimum absolute atomic E-state index is 0.139. The Morgan fingerprint density at radius 3 is 2.80 bits per heavy atom. The van der Waals surface area contributed by atoms with Crippen molar-refractivity contribution in [1.82, 2.24) is 19.4 Å². The summed E-state index contributed by atoms with van der Waals surface area (Å²) < 4.78 is 16.0. The molecule has 25 heavy (non-hydrogen) atoms. The van der Waals surface area contributed by atoms with Gasteiger partial charge >= 0.3 is 0 Å². The Hall–Kier alpha value is -1.76. The predicted molar refractivity (Wildman–Crippen MR) is 95.8 cm³/mol. The predicted octanol–water partition coefficient (Wildman–Crippen LogP) is 2.00. The van der Waals surface area contributed by atoms with Gasteiger partial charge in [0.1, 0.15) is 12.0 Å². The Kier molecular flexibility index (Phi) is 5.83. The maximum absolute atomic E-state index is 14.0. The van der Waals surface area contributed by atoms with Crippen LogP contribution in [0, 0.1) is 0 Å². The highest BCUT2D eigenvalue weighted by molar-refractivity contribution is 5.17. The van der Waals surface area contributed by atoms with E-state index in [0.29, 0.717) is 26.1 Å². The molecular formula is C19H27FN4O. The first-order valence-electron chi connectivity index (χ1n) is 8.79. The van der Waals surface area contributed by atoms with Gasteiger partial charge in [0.2, 0.25) is 0 Å². The normalized spacial score (nSPS) is 22.6. The van der Waals surface area contributed by atoms with E-state index in [2.05, 4.69) is 14.8 Å². The number of nitrogens with zero attached hydrogens (tertiary/aromatic N) is 4. The molecular weight excluding hydrogens is 319 g/mol. The summed E-state index contributed by atoms with van der Waals surface area (Å²) in [6.07, 6.45) is 2.90. The van der Waals surface area contributed by atoms with Crippen molar-refractivity contribution in [3.8, 4) is 0 Å². The average Bonchev–Trinajstić information content (AvgIpc) is 3.14. The third-order valence-electron chi connectivity index (χ3n) is 4.93. The third kappa shape index (κ3) is 4.66. The van der Waals surface area contributed by atoms with Crippen molar-refractivity contribution in [1.29, 1.82) is 0 Å². The molecule has 5 nitrogen and oxygen atoms in total. The number of halogens is 1. The average molecular weight is 346 g/mol. The number of rotatable bonds is 7. The van der Waals surface area contributed by atoms with Gasteiger partial charge in [0.05, 0.1) is 12.6 Å². The van der Waals surface area contributed by atoms with Crippen molar-refractivity contribution in [3.05, 3.63) is 54.1 Å². The third-order valence-corrected chi connectivity index (χ3v) is 4.93. The van der Waals surface area contributed by atoms with Gasteiger partial charge in [-0.05, 0) is 19.0 Å². The lowest BCUT2D eigenvalue weighted by molar-refractivity contribution is 0.106. The molecule has 0 radical (unpaired) electrons. The fraction of sp³-hybridized carbons (Fsp3) is 0.526. The number of likely N-dealkylation sites (N-methyl/N-ethyl adjacent to an activating group) is 1. The van der Waals surface area contributed by atoms with Crippen molar-refractivity contribution in [2.24, 2.45) is 7.05 Å². The molecule has 3 atom stereocenters. The Balaban J connectivity index is 1.57. The monoisotopic (exact) mass is 346 g/mol. The number of imidazole rings is 1. The molecule has 2 heterocycles. The van der Waals surface area contributed by atoms with E-state index >= 15 is 0 Å². The summed E-state index contributed by atoms with van der Waals surface area (Å²) in [5, 5.41) is 10.4. The first kappa shape index (κ1) is 18.0. The van der Waals surface area contributed by atoms with E-state index in [-0.39, 0.29) is 6.04 Å². The van der Waals surface area contributed by atoms with Crippen LogP contribution in [0.3, 0.4) is 0 Å². The Bertz CT molecular complexity index is 662. The van der Waals surface area contributed by atoms with E-state index in [0.717, 1.165) is 17.9 Å². The van der Waals surface area contributed by atoms with E-state index in [9.17, 15) is 9.50 Å². The van der Waals surface area contributed by atoms with E-state index < -0.39 is 12.3 Å². The number of aliphatic hydroxyl groups is 1.